The summed E-state index contributed by atoms with van der Waals surface area (Å²) < 4.78 is 65.2. The van der Waals surface area contributed by atoms with Crippen LogP contribution in [0.3, 0.4) is 0 Å². The van der Waals surface area contributed by atoms with Gasteiger partial charge in [-0.2, -0.15) is 13.2 Å². The Labute approximate surface area is 237 Å². The van der Waals surface area contributed by atoms with Crippen molar-refractivity contribution in [1.82, 2.24) is 10.2 Å². The van der Waals surface area contributed by atoms with E-state index >= 15 is 0 Å². The lowest BCUT2D eigenvalue weighted by Crippen LogP contribution is -2.49. The Bertz CT molecular complexity index is 1280. The maximum absolute atomic E-state index is 13.3. The molecule has 0 saturated carbocycles. The highest BCUT2D eigenvalue weighted by Gasteiger charge is 2.32. The Balaban J connectivity index is 2.25. The summed E-state index contributed by atoms with van der Waals surface area (Å²) in [7, 11) is -3.95. The maximum atomic E-state index is 13.3. The van der Waals surface area contributed by atoms with Gasteiger partial charge in [0.1, 0.15) is 6.04 Å². The maximum Gasteiger partial charge on any atom is 0.416 e. The van der Waals surface area contributed by atoms with Crippen molar-refractivity contribution in [3.8, 4) is 0 Å². The van der Waals surface area contributed by atoms with Gasteiger partial charge in [-0.3, -0.25) is 13.9 Å². The molecular formula is C26H32Cl2F3N3O4S. The fourth-order valence-corrected chi connectivity index (χ4v) is 5.00. The highest BCUT2D eigenvalue weighted by molar-refractivity contribution is 7.92. The van der Waals surface area contributed by atoms with Crippen LogP contribution in [0.2, 0.25) is 10.0 Å². The molecule has 0 aliphatic carbocycles. The van der Waals surface area contributed by atoms with Crippen molar-refractivity contribution in [2.75, 3.05) is 17.1 Å². The molecule has 2 aromatic rings. The summed E-state index contributed by atoms with van der Waals surface area (Å²) in [5.74, 6) is -0.801. The number of hydrogen-bond donors (Lipinski definition) is 1. The number of benzene rings is 2. The molecule has 0 spiro atoms. The summed E-state index contributed by atoms with van der Waals surface area (Å²) in [6.45, 7) is 5.13. The number of nitrogens with zero attached hydrogens (tertiary/aromatic N) is 2. The molecule has 0 heterocycles. The Morgan fingerprint density at radius 1 is 1.05 bits per heavy atom. The third-order valence-electron chi connectivity index (χ3n) is 6.12. The number of carbonyl (C=O) groups excluding carboxylic acids is 2. The second kappa shape index (κ2) is 13.7. The van der Waals surface area contributed by atoms with Gasteiger partial charge >= 0.3 is 6.18 Å². The zero-order valence-corrected chi connectivity index (χ0v) is 24.4. The molecule has 13 heteroatoms. The first-order valence-corrected chi connectivity index (χ1v) is 14.8. The summed E-state index contributed by atoms with van der Waals surface area (Å²) in [6, 6.07) is 7.84. The fourth-order valence-electron chi connectivity index (χ4n) is 3.72. The monoisotopic (exact) mass is 609 g/mol. The molecule has 0 saturated heterocycles. The lowest BCUT2D eigenvalue weighted by molar-refractivity contribution is -0.140. The molecule has 0 radical (unpaired) electrons. The molecule has 0 aliphatic heterocycles. The summed E-state index contributed by atoms with van der Waals surface area (Å²) in [4.78, 5) is 27.5. The number of carbonyl (C=O) groups is 2. The number of halogens is 5. The highest BCUT2D eigenvalue weighted by atomic mass is 35.5. The molecule has 39 heavy (non-hydrogen) atoms. The molecule has 216 valence electrons. The van der Waals surface area contributed by atoms with Gasteiger partial charge in [-0.05, 0) is 62.6 Å². The van der Waals surface area contributed by atoms with Gasteiger partial charge < -0.3 is 10.2 Å². The van der Waals surface area contributed by atoms with E-state index in [2.05, 4.69) is 5.32 Å². The minimum atomic E-state index is -4.65. The van der Waals surface area contributed by atoms with Gasteiger partial charge in [-0.1, -0.05) is 42.3 Å². The zero-order chi connectivity index (χ0) is 29.5. The van der Waals surface area contributed by atoms with Gasteiger partial charge in [-0.15, -0.1) is 0 Å². The molecule has 1 N–H and O–H groups in total. The largest absolute Gasteiger partial charge is 0.416 e. The fraction of sp³-hybridized carbons (Fsp3) is 0.462. The normalized spacial score (nSPS) is 13.5. The lowest BCUT2D eigenvalue weighted by atomic mass is 10.1. The van der Waals surface area contributed by atoms with E-state index < -0.39 is 33.7 Å². The van der Waals surface area contributed by atoms with E-state index in [9.17, 15) is 31.2 Å². The van der Waals surface area contributed by atoms with Crippen molar-refractivity contribution in [3.05, 3.63) is 63.6 Å². The van der Waals surface area contributed by atoms with Crippen LogP contribution in [-0.4, -0.2) is 50.0 Å². The molecule has 2 rings (SSSR count). The van der Waals surface area contributed by atoms with Crippen LogP contribution in [0.15, 0.2) is 42.5 Å². The predicted molar refractivity (Wildman–Crippen MR) is 147 cm³/mol. The Kier molecular flexibility index (Phi) is 11.5. The lowest BCUT2D eigenvalue weighted by Gasteiger charge is -2.30. The average Bonchev–Trinajstić information content (AvgIpc) is 2.85. The smallest absolute Gasteiger partial charge is 0.352 e. The summed E-state index contributed by atoms with van der Waals surface area (Å²) in [6.07, 6.45) is -3.23. The van der Waals surface area contributed by atoms with E-state index in [1.165, 1.54) is 11.0 Å². The van der Waals surface area contributed by atoms with Gasteiger partial charge in [0.2, 0.25) is 21.8 Å². The molecule has 2 amide bonds. The summed E-state index contributed by atoms with van der Waals surface area (Å²) >= 11 is 12.1. The van der Waals surface area contributed by atoms with Gasteiger partial charge in [0.05, 0.1) is 27.6 Å². The van der Waals surface area contributed by atoms with Crippen LogP contribution >= 0.6 is 23.2 Å². The van der Waals surface area contributed by atoms with Gasteiger partial charge in [0.15, 0.2) is 0 Å². The standard InChI is InChI=1S/C26H32Cl2F3N3O4S/c1-5-17(2)32-25(36)18(3)33(16-19-11-12-22(27)23(28)14-19)24(35)10-7-13-34(39(4,37)38)21-9-6-8-20(15-21)26(29,30)31/h6,8-9,11-12,14-15,17-18H,5,7,10,13,16H2,1-4H3,(H,32,36). The number of anilines is 1. The van der Waals surface area contributed by atoms with Crippen LogP contribution in [0.25, 0.3) is 0 Å². The predicted octanol–water partition coefficient (Wildman–Crippen LogP) is 5.89. The van der Waals surface area contributed by atoms with Crippen molar-refractivity contribution < 1.29 is 31.2 Å². The number of amides is 2. The van der Waals surface area contributed by atoms with Crippen LogP contribution in [0, 0.1) is 0 Å². The van der Waals surface area contributed by atoms with Crippen LogP contribution in [-0.2, 0) is 32.3 Å². The van der Waals surface area contributed by atoms with Gasteiger partial charge in [-0.25, -0.2) is 8.42 Å². The van der Waals surface area contributed by atoms with Crippen molar-refractivity contribution >= 4 is 50.7 Å². The molecule has 2 aromatic carbocycles. The highest BCUT2D eigenvalue weighted by Crippen LogP contribution is 2.32. The van der Waals surface area contributed by atoms with E-state index in [1.807, 2.05) is 13.8 Å². The van der Waals surface area contributed by atoms with E-state index in [1.54, 1.807) is 25.1 Å². The van der Waals surface area contributed by atoms with E-state index in [0.29, 0.717) is 17.0 Å². The number of hydrogen-bond acceptors (Lipinski definition) is 4. The number of rotatable bonds is 12. The molecule has 0 fully saturated rings. The van der Waals surface area contributed by atoms with Crippen molar-refractivity contribution in [2.24, 2.45) is 0 Å². The second-order valence-electron chi connectivity index (χ2n) is 9.25. The third-order valence-corrected chi connectivity index (χ3v) is 8.05. The van der Waals surface area contributed by atoms with Crippen LogP contribution in [0.5, 0.6) is 0 Å². The molecule has 0 aliphatic rings. The molecule has 2 unspecified atom stereocenters. The average molecular weight is 611 g/mol. The SMILES string of the molecule is CCC(C)NC(=O)C(C)N(Cc1ccc(Cl)c(Cl)c1)C(=O)CCCN(c1cccc(C(F)(F)F)c1)S(C)(=O)=O. The van der Waals surface area contributed by atoms with Crippen LogP contribution in [0.4, 0.5) is 18.9 Å². The first kappa shape index (κ1) is 32.7. The number of nitrogens with one attached hydrogen (secondary N) is 1. The van der Waals surface area contributed by atoms with E-state index in [0.717, 1.165) is 28.8 Å². The topological polar surface area (TPSA) is 86.8 Å². The van der Waals surface area contributed by atoms with Crippen LogP contribution < -0.4 is 9.62 Å². The second-order valence-corrected chi connectivity index (χ2v) is 12.0. The van der Waals surface area contributed by atoms with Crippen molar-refractivity contribution in [3.63, 3.8) is 0 Å². The molecule has 0 aromatic heterocycles. The zero-order valence-electron chi connectivity index (χ0n) is 22.1. The number of sulfonamides is 1. The summed E-state index contributed by atoms with van der Waals surface area (Å²) in [5, 5.41) is 3.46. The molecule has 0 bridgehead atoms. The van der Waals surface area contributed by atoms with Crippen molar-refractivity contribution in [1.29, 1.82) is 0 Å². The van der Waals surface area contributed by atoms with Gasteiger partial charge in [0.25, 0.3) is 0 Å². The number of alkyl halides is 3. The molecular weight excluding hydrogens is 578 g/mol. The minimum Gasteiger partial charge on any atom is -0.352 e. The Hall–Kier alpha value is -2.50. The van der Waals surface area contributed by atoms with E-state index in [-0.39, 0.29) is 48.6 Å². The first-order valence-electron chi connectivity index (χ1n) is 12.2. The molecule has 2 atom stereocenters. The molecule has 7 nitrogen and oxygen atoms in total. The van der Waals surface area contributed by atoms with E-state index in [4.69, 9.17) is 23.2 Å². The van der Waals surface area contributed by atoms with Crippen LogP contribution in [0.1, 0.15) is 51.2 Å². The Morgan fingerprint density at radius 2 is 1.72 bits per heavy atom. The summed E-state index contributed by atoms with van der Waals surface area (Å²) in [5.41, 5.74) is -0.518. The quantitative estimate of drug-likeness (QED) is 0.325. The van der Waals surface area contributed by atoms with Gasteiger partial charge in [0, 0.05) is 25.6 Å². The third kappa shape index (κ3) is 9.58. The van der Waals surface area contributed by atoms with Crippen molar-refractivity contribution in [2.45, 2.75) is 64.8 Å². The Morgan fingerprint density at radius 3 is 2.28 bits per heavy atom. The first-order chi connectivity index (χ1) is 18.0. The minimum absolute atomic E-state index is 0.000273.